The van der Waals surface area contributed by atoms with Crippen molar-refractivity contribution in [3.63, 3.8) is 0 Å². The topological polar surface area (TPSA) is 54.5 Å². The van der Waals surface area contributed by atoms with Crippen molar-refractivity contribution in [1.29, 1.82) is 0 Å². The summed E-state index contributed by atoms with van der Waals surface area (Å²) in [5.74, 6) is 0.768. The molecule has 1 aliphatic heterocycles. The summed E-state index contributed by atoms with van der Waals surface area (Å²) in [5.41, 5.74) is 1.30. The van der Waals surface area contributed by atoms with Gasteiger partial charge in [0, 0.05) is 25.3 Å². The summed E-state index contributed by atoms with van der Waals surface area (Å²) in [6.07, 6.45) is 3.16. The van der Waals surface area contributed by atoms with Crippen LogP contribution in [0.25, 0.3) is 0 Å². The number of morpholine rings is 1. The summed E-state index contributed by atoms with van der Waals surface area (Å²) in [7, 11) is 0. The Bertz CT molecular complexity index is 769. The molecule has 2 aromatic rings. The van der Waals surface area contributed by atoms with Gasteiger partial charge in [-0.25, -0.2) is 9.37 Å². The van der Waals surface area contributed by atoms with E-state index in [1.807, 2.05) is 18.2 Å². The van der Waals surface area contributed by atoms with Gasteiger partial charge in [0.1, 0.15) is 11.6 Å². The molecule has 2 aliphatic rings. The highest BCUT2D eigenvalue weighted by Gasteiger charge is 2.33. The first-order chi connectivity index (χ1) is 12.7. The summed E-state index contributed by atoms with van der Waals surface area (Å²) in [6, 6.07) is 10.6. The molecular weight excluding hydrogens is 333 g/mol. The van der Waals surface area contributed by atoms with Gasteiger partial charge in [0.2, 0.25) is 0 Å². The zero-order valence-electron chi connectivity index (χ0n) is 14.5. The van der Waals surface area contributed by atoms with Crippen molar-refractivity contribution in [3.05, 3.63) is 59.5 Å². The molecule has 5 nitrogen and oxygen atoms in total. The first kappa shape index (κ1) is 17.0. The molecule has 0 bridgehead atoms. The quantitative estimate of drug-likeness (QED) is 0.916. The fourth-order valence-corrected chi connectivity index (χ4v) is 3.56. The number of nitrogens with zero attached hydrogens (tertiary/aromatic N) is 2. The fourth-order valence-electron chi connectivity index (χ4n) is 3.56. The highest BCUT2D eigenvalue weighted by atomic mass is 19.1. The molecule has 0 spiro atoms. The lowest BCUT2D eigenvalue weighted by molar-refractivity contribution is 0.0908. The van der Waals surface area contributed by atoms with E-state index in [2.05, 4.69) is 15.2 Å². The standard InChI is InChI=1S/C20H22FN3O2/c21-18-4-2-1-3-17(18)15-11-16(12-15)23-20(25)14-5-6-19(22-13-14)24-7-9-26-10-8-24/h1-6,13,15-16H,7-12H2,(H,23,25). The van der Waals surface area contributed by atoms with Gasteiger partial charge >= 0.3 is 0 Å². The first-order valence-corrected chi connectivity index (χ1v) is 9.05. The average molecular weight is 355 g/mol. The molecule has 26 heavy (non-hydrogen) atoms. The maximum atomic E-state index is 13.8. The molecule has 0 unspecified atom stereocenters. The summed E-state index contributed by atoms with van der Waals surface area (Å²) in [4.78, 5) is 18.9. The Balaban J connectivity index is 1.31. The Kier molecular flexibility index (Phi) is 4.84. The number of hydrogen-bond acceptors (Lipinski definition) is 4. The predicted octanol–water partition coefficient (Wildman–Crippen LogP) is 2.73. The Morgan fingerprint density at radius 3 is 2.62 bits per heavy atom. The van der Waals surface area contributed by atoms with Gasteiger partial charge in [-0.05, 0) is 42.5 Å². The van der Waals surface area contributed by atoms with Gasteiger partial charge in [0.15, 0.2) is 0 Å². The molecule has 4 rings (SSSR count). The number of carbonyl (C=O) groups is 1. The maximum absolute atomic E-state index is 13.8. The molecular formula is C20H22FN3O2. The molecule has 1 saturated carbocycles. The Morgan fingerprint density at radius 1 is 1.15 bits per heavy atom. The van der Waals surface area contributed by atoms with Crippen molar-refractivity contribution in [2.75, 3.05) is 31.2 Å². The lowest BCUT2D eigenvalue weighted by Gasteiger charge is -2.36. The number of anilines is 1. The van der Waals surface area contributed by atoms with Crippen LogP contribution in [0.15, 0.2) is 42.6 Å². The number of aromatic nitrogens is 1. The van der Waals surface area contributed by atoms with Gasteiger partial charge in [-0.15, -0.1) is 0 Å². The van der Waals surface area contributed by atoms with E-state index in [4.69, 9.17) is 4.74 Å². The van der Waals surface area contributed by atoms with E-state index in [0.717, 1.165) is 37.3 Å². The summed E-state index contributed by atoms with van der Waals surface area (Å²) in [6.45, 7) is 3.04. The van der Waals surface area contributed by atoms with E-state index in [1.165, 1.54) is 6.07 Å². The van der Waals surface area contributed by atoms with Crippen LogP contribution in [0.4, 0.5) is 10.2 Å². The molecule has 1 N–H and O–H groups in total. The molecule has 2 heterocycles. The lowest BCUT2D eigenvalue weighted by Crippen LogP contribution is -2.43. The van der Waals surface area contributed by atoms with Crippen LogP contribution in [0, 0.1) is 5.82 Å². The molecule has 1 amide bonds. The van der Waals surface area contributed by atoms with Gasteiger partial charge in [0.05, 0.1) is 18.8 Å². The summed E-state index contributed by atoms with van der Waals surface area (Å²) in [5, 5.41) is 3.02. The number of pyridine rings is 1. The fraction of sp³-hybridized carbons (Fsp3) is 0.400. The number of nitrogens with one attached hydrogen (secondary N) is 1. The predicted molar refractivity (Wildman–Crippen MR) is 96.9 cm³/mol. The van der Waals surface area contributed by atoms with Crippen LogP contribution in [-0.4, -0.2) is 43.2 Å². The number of benzene rings is 1. The molecule has 1 aromatic heterocycles. The average Bonchev–Trinajstić information content (AvgIpc) is 2.66. The van der Waals surface area contributed by atoms with Crippen LogP contribution < -0.4 is 10.2 Å². The maximum Gasteiger partial charge on any atom is 0.253 e. The second-order valence-corrected chi connectivity index (χ2v) is 6.86. The Labute approximate surface area is 152 Å². The van der Waals surface area contributed by atoms with Crippen molar-refractivity contribution < 1.29 is 13.9 Å². The van der Waals surface area contributed by atoms with Crippen molar-refractivity contribution in [2.24, 2.45) is 0 Å². The first-order valence-electron chi connectivity index (χ1n) is 9.05. The smallest absolute Gasteiger partial charge is 0.253 e. The van der Waals surface area contributed by atoms with Crippen molar-refractivity contribution in [3.8, 4) is 0 Å². The lowest BCUT2D eigenvalue weighted by atomic mass is 9.75. The largest absolute Gasteiger partial charge is 0.378 e. The highest BCUT2D eigenvalue weighted by Crippen LogP contribution is 2.38. The van der Waals surface area contributed by atoms with Crippen LogP contribution in [-0.2, 0) is 4.74 Å². The van der Waals surface area contributed by atoms with E-state index >= 15 is 0 Å². The molecule has 136 valence electrons. The number of amides is 1. The Hall–Kier alpha value is -2.47. The third kappa shape index (κ3) is 3.55. The van der Waals surface area contributed by atoms with E-state index in [0.29, 0.717) is 18.8 Å². The molecule has 6 heteroatoms. The van der Waals surface area contributed by atoms with Crippen molar-refractivity contribution in [1.82, 2.24) is 10.3 Å². The third-order valence-electron chi connectivity index (χ3n) is 5.16. The minimum Gasteiger partial charge on any atom is -0.378 e. The number of ether oxygens (including phenoxy) is 1. The Morgan fingerprint density at radius 2 is 1.92 bits per heavy atom. The van der Waals surface area contributed by atoms with Crippen molar-refractivity contribution in [2.45, 2.75) is 24.8 Å². The summed E-state index contributed by atoms with van der Waals surface area (Å²) >= 11 is 0. The van der Waals surface area contributed by atoms with Gasteiger partial charge < -0.3 is 15.0 Å². The van der Waals surface area contributed by atoms with Gasteiger partial charge in [-0.2, -0.15) is 0 Å². The zero-order valence-corrected chi connectivity index (χ0v) is 14.5. The number of carbonyl (C=O) groups excluding carboxylic acids is 1. The molecule has 1 aromatic carbocycles. The summed E-state index contributed by atoms with van der Waals surface area (Å²) < 4.78 is 19.1. The van der Waals surface area contributed by atoms with E-state index < -0.39 is 0 Å². The molecule has 1 aliphatic carbocycles. The molecule has 1 saturated heterocycles. The third-order valence-corrected chi connectivity index (χ3v) is 5.16. The van der Waals surface area contributed by atoms with E-state index in [1.54, 1.807) is 18.3 Å². The molecule has 2 fully saturated rings. The van der Waals surface area contributed by atoms with Crippen LogP contribution in [0.5, 0.6) is 0 Å². The SMILES string of the molecule is O=C(NC1CC(c2ccccc2F)C1)c1ccc(N2CCOCC2)nc1. The van der Waals surface area contributed by atoms with Crippen LogP contribution >= 0.6 is 0 Å². The van der Waals surface area contributed by atoms with Crippen LogP contribution in [0.2, 0.25) is 0 Å². The van der Waals surface area contributed by atoms with Crippen molar-refractivity contribution >= 4 is 11.7 Å². The highest BCUT2D eigenvalue weighted by molar-refractivity contribution is 5.94. The van der Waals surface area contributed by atoms with Crippen LogP contribution in [0.3, 0.4) is 0 Å². The minimum absolute atomic E-state index is 0.0889. The normalized spacial score (nSPS) is 22.6. The molecule has 0 radical (unpaired) electrons. The van der Waals surface area contributed by atoms with Gasteiger partial charge in [0.25, 0.3) is 5.91 Å². The minimum atomic E-state index is -0.162. The second kappa shape index (κ2) is 7.41. The van der Waals surface area contributed by atoms with Crippen LogP contribution in [0.1, 0.15) is 34.7 Å². The number of hydrogen-bond donors (Lipinski definition) is 1. The van der Waals surface area contributed by atoms with E-state index in [-0.39, 0.29) is 23.7 Å². The number of halogens is 1. The van der Waals surface area contributed by atoms with Gasteiger partial charge in [-0.3, -0.25) is 4.79 Å². The molecule has 0 atom stereocenters. The monoisotopic (exact) mass is 355 g/mol. The zero-order chi connectivity index (χ0) is 17.9. The van der Waals surface area contributed by atoms with E-state index in [9.17, 15) is 9.18 Å². The second-order valence-electron chi connectivity index (χ2n) is 6.86. The van der Waals surface area contributed by atoms with Gasteiger partial charge in [-0.1, -0.05) is 18.2 Å². The number of rotatable bonds is 4.